The zero-order chi connectivity index (χ0) is 18.7. The van der Waals surface area contributed by atoms with Crippen LogP contribution in [0.4, 0.5) is 10.5 Å². The standard InChI is InChI=1S/C15H21N3O6/c1-14(2,3)24-13(21)17-15(4,12(19)20)11-9(8-18(22)23)6-5-7-10(11)16/h5-7H,8,16H2,1-4H3,(H,17,21)(H,19,20). The number of carbonyl (C=O) groups is 2. The number of nitrogens with two attached hydrogens (primary N) is 1. The van der Waals surface area contributed by atoms with Crippen LogP contribution in [-0.2, 0) is 21.6 Å². The molecule has 0 bridgehead atoms. The SMILES string of the molecule is CC(C)(C)OC(=O)NC(C)(C(=O)O)c1c(N)cccc1C[N+](=O)[O-]. The molecule has 1 atom stereocenters. The van der Waals surface area contributed by atoms with Crippen LogP contribution in [0.25, 0.3) is 0 Å². The molecule has 1 aromatic carbocycles. The first-order valence-electron chi connectivity index (χ1n) is 7.11. The van der Waals surface area contributed by atoms with E-state index in [1.165, 1.54) is 25.1 Å². The van der Waals surface area contributed by atoms with Gasteiger partial charge < -0.3 is 20.9 Å². The van der Waals surface area contributed by atoms with Crippen molar-refractivity contribution in [2.24, 2.45) is 0 Å². The summed E-state index contributed by atoms with van der Waals surface area (Å²) in [6.45, 7) is 5.45. The molecule has 0 spiro atoms. The molecule has 1 unspecified atom stereocenters. The number of carbonyl (C=O) groups excluding carboxylic acids is 1. The van der Waals surface area contributed by atoms with Gasteiger partial charge in [0.25, 0.3) is 0 Å². The first kappa shape index (κ1) is 19.2. The lowest BCUT2D eigenvalue weighted by Gasteiger charge is -2.30. The van der Waals surface area contributed by atoms with Crippen molar-refractivity contribution in [3.8, 4) is 0 Å². The zero-order valence-corrected chi connectivity index (χ0v) is 14.0. The van der Waals surface area contributed by atoms with Gasteiger partial charge in [0.15, 0.2) is 5.54 Å². The normalized spacial score (nSPS) is 13.7. The van der Waals surface area contributed by atoms with E-state index in [2.05, 4.69) is 5.32 Å². The maximum Gasteiger partial charge on any atom is 0.408 e. The van der Waals surface area contributed by atoms with Crippen LogP contribution in [0.3, 0.4) is 0 Å². The molecule has 0 aliphatic carbocycles. The van der Waals surface area contributed by atoms with E-state index in [0.717, 1.165) is 0 Å². The molecule has 0 fully saturated rings. The highest BCUT2D eigenvalue weighted by molar-refractivity contribution is 5.88. The number of nitro groups is 1. The Balaban J connectivity index is 3.37. The molecule has 4 N–H and O–H groups in total. The van der Waals surface area contributed by atoms with Crippen molar-refractivity contribution >= 4 is 17.7 Å². The van der Waals surface area contributed by atoms with Crippen LogP contribution in [0.1, 0.15) is 38.8 Å². The smallest absolute Gasteiger partial charge is 0.408 e. The quantitative estimate of drug-likeness (QED) is 0.422. The molecule has 0 aliphatic heterocycles. The third-order valence-corrected chi connectivity index (χ3v) is 3.16. The third kappa shape index (κ3) is 4.58. The Morgan fingerprint density at radius 3 is 2.38 bits per heavy atom. The fourth-order valence-electron chi connectivity index (χ4n) is 2.23. The first-order chi connectivity index (χ1) is 10.9. The monoisotopic (exact) mass is 339 g/mol. The molecule has 0 radical (unpaired) electrons. The van der Waals surface area contributed by atoms with Gasteiger partial charge in [0.1, 0.15) is 5.60 Å². The van der Waals surface area contributed by atoms with E-state index in [0.29, 0.717) is 0 Å². The van der Waals surface area contributed by atoms with Crippen molar-refractivity contribution < 1.29 is 24.4 Å². The molecule has 1 rings (SSSR count). The second-order valence-electron chi connectivity index (χ2n) is 6.43. The Bertz CT molecular complexity index is 668. The minimum atomic E-state index is -1.99. The van der Waals surface area contributed by atoms with Gasteiger partial charge in [-0.3, -0.25) is 10.1 Å². The summed E-state index contributed by atoms with van der Waals surface area (Å²) in [6.07, 6.45) is -0.970. The van der Waals surface area contributed by atoms with Crippen LogP contribution in [0, 0.1) is 10.1 Å². The van der Waals surface area contributed by atoms with E-state index >= 15 is 0 Å². The Kier molecular flexibility index (Phi) is 5.39. The van der Waals surface area contributed by atoms with Gasteiger partial charge in [0, 0.05) is 21.7 Å². The summed E-state index contributed by atoms with van der Waals surface area (Å²) in [5, 5.41) is 22.7. The largest absolute Gasteiger partial charge is 0.479 e. The molecule has 132 valence electrons. The molecule has 1 aromatic rings. The van der Waals surface area contributed by atoms with Gasteiger partial charge in [-0.05, 0) is 33.8 Å². The topological polar surface area (TPSA) is 145 Å². The number of anilines is 1. The lowest BCUT2D eigenvalue weighted by molar-refractivity contribution is -0.497. The molecule has 9 heteroatoms. The molecule has 0 heterocycles. The number of nitrogens with one attached hydrogen (secondary N) is 1. The lowest BCUT2D eigenvalue weighted by Crippen LogP contribution is -2.51. The van der Waals surface area contributed by atoms with E-state index in [1.54, 1.807) is 20.8 Å². The molecule has 0 aliphatic rings. The van der Waals surface area contributed by atoms with Gasteiger partial charge >= 0.3 is 12.1 Å². The first-order valence-corrected chi connectivity index (χ1v) is 7.11. The molecular formula is C15H21N3O6. The number of rotatable bonds is 5. The molecule has 0 saturated carbocycles. The number of ether oxygens (including phenoxy) is 1. The number of nitrogen functional groups attached to an aromatic ring is 1. The fourth-order valence-corrected chi connectivity index (χ4v) is 2.23. The van der Waals surface area contributed by atoms with Gasteiger partial charge in [-0.2, -0.15) is 0 Å². The molecule has 0 aromatic heterocycles. The summed E-state index contributed by atoms with van der Waals surface area (Å²) in [5.41, 5.74) is 3.10. The molecular weight excluding hydrogens is 318 g/mol. The summed E-state index contributed by atoms with van der Waals surface area (Å²) < 4.78 is 5.08. The Morgan fingerprint density at radius 2 is 1.92 bits per heavy atom. The summed E-state index contributed by atoms with van der Waals surface area (Å²) in [5.74, 6) is -1.42. The Morgan fingerprint density at radius 1 is 1.33 bits per heavy atom. The fraction of sp³-hybridized carbons (Fsp3) is 0.467. The Hall–Kier alpha value is -2.84. The van der Waals surface area contributed by atoms with Crippen LogP contribution in [0.15, 0.2) is 18.2 Å². The molecule has 0 saturated heterocycles. The number of amides is 1. The van der Waals surface area contributed by atoms with Crippen molar-refractivity contribution in [2.45, 2.75) is 45.4 Å². The molecule has 24 heavy (non-hydrogen) atoms. The van der Waals surface area contributed by atoms with Crippen LogP contribution in [-0.4, -0.2) is 27.7 Å². The van der Waals surface area contributed by atoms with Gasteiger partial charge in [-0.15, -0.1) is 0 Å². The van der Waals surface area contributed by atoms with E-state index in [1.807, 2.05) is 0 Å². The van der Waals surface area contributed by atoms with Crippen LogP contribution in [0.5, 0.6) is 0 Å². The number of aliphatic carboxylic acids is 1. The number of alkyl carbamates (subject to hydrolysis) is 1. The average Bonchev–Trinajstić information content (AvgIpc) is 2.34. The minimum absolute atomic E-state index is 0.0234. The highest BCUT2D eigenvalue weighted by Crippen LogP contribution is 2.31. The highest BCUT2D eigenvalue weighted by atomic mass is 16.6. The lowest BCUT2D eigenvalue weighted by atomic mass is 9.86. The van der Waals surface area contributed by atoms with Gasteiger partial charge in [-0.25, -0.2) is 9.59 Å². The summed E-state index contributed by atoms with van der Waals surface area (Å²) >= 11 is 0. The van der Waals surface area contributed by atoms with E-state index in [-0.39, 0.29) is 16.8 Å². The molecule has 1 amide bonds. The average molecular weight is 339 g/mol. The van der Waals surface area contributed by atoms with Gasteiger partial charge in [0.05, 0.1) is 0 Å². The third-order valence-electron chi connectivity index (χ3n) is 3.16. The number of nitrogens with zero attached hydrogens (tertiary/aromatic N) is 1. The van der Waals surface area contributed by atoms with E-state index in [9.17, 15) is 24.8 Å². The van der Waals surface area contributed by atoms with Crippen LogP contribution >= 0.6 is 0 Å². The zero-order valence-electron chi connectivity index (χ0n) is 14.0. The maximum absolute atomic E-state index is 12.0. The van der Waals surface area contributed by atoms with E-state index < -0.39 is 34.7 Å². The summed E-state index contributed by atoms with van der Waals surface area (Å²) in [6, 6.07) is 4.29. The number of carboxylic acids is 1. The number of benzene rings is 1. The van der Waals surface area contributed by atoms with Crippen molar-refractivity contribution in [3.05, 3.63) is 39.4 Å². The molecule has 9 nitrogen and oxygen atoms in total. The Labute approximate surface area is 138 Å². The van der Waals surface area contributed by atoms with Crippen molar-refractivity contribution in [1.82, 2.24) is 5.32 Å². The van der Waals surface area contributed by atoms with E-state index in [4.69, 9.17) is 10.5 Å². The van der Waals surface area contributed by atoms with Crippen molar-refractivity contribution in [2.75, 3.05) is 5.73 Å². The minimum Gasteiger partial charge on any atom is -0.479 e. The number of carboxylic acid groups (broad SMARTS) is 1. The maximum atomic E-state index is 12.0. The predicted molar refractivity (Wildman–Crippen MR) is 85.9 cm³/mol. The van der Waals surface area contributed by atoms with Crippen molar-refractivity contribution in [3.63, 3.8) is 0 Å². The van der Waals surface area contributed by atoms with Crippen LogP contribution in [0.2, 0.25) is 0 Å². The predicted octanol–water partition coefficient (Wildman–Crippen LogP) is 1.87. The second-order valence-corrected chi connectivity index (χ2v) is 6.43. The number of hydrogen-bond acceptors (Lipinski definition) is 6. The summed E-state index contributed by atoms with van der Waals surface area (Å²) in [7, 11) is 0. The number of hydrogen-bond donors (Lipinski definition) is 3. The summed E-state index contributed by atoms with van der Waals surface area (Å²) in [4.78, 5) is 34.1. The van der Waals surface area contributed by atoms with Crippen LogP contribution < -0.4 is 11.1 Å². The van der Waals surface area contributed by atoms with Gasteiger partial charge in [0.2, 0.25) is 6.54 Å². The second kappa shape index (κ2) is 6.73. The highest BCUT2D eigenvalue weighted by Gasteiger charge is 2.42. The van der Waals surface area contributed by atoms with Crippen molar-refractivity contribution in [1.29, 1.82) is 0 Å². The van der Waals surface area contributed by atoms with Gasteiger partial charge in [-0.1, -0.05) is 12.1 Å².